The summed E-state index contributed by atoms with van der Waals surface area (Å²) in [5.74, 6) is 0.0860. The first kappa shape index (κ1) is 23.7. The summed E-state index contributed by atoms with van der Waals surface area (Å²) in [4.78, 5) is 15.1. The van der Waals surface area contributed by atoms with Crippen LogP contribution in [0, 0.1) is 0 Å². The van der Waals surface area contributed by atoms with Gasteiger partial charge in [-0.05, 0) is 73.2 Å². The molecule has 0 fully saturated rings. The lowest BCUT2D eigenvalue weighted by atomic mass is 10.1. The zero-order valence-corrected chi connectivity index (χ0v) is 20.9. The van der Waals surface area contributed by atoms with Gasteiger partial charge in [-0.2, -0.15) is 0 Å². The molecule has 1 aliphatic heterocycles. The van der Waals surface area contributed by atoms with Gasteiger partial charge in [-0.15, -0.1) is 0 Å². The second kappa shape index (κ2) is 10.2. The number of carbonyl (C=O) groups is 1. The Morgan fingerprint density at radius 2 is 1.70 bits per heavy atom. The Balaban J connectivity index is 1.33. The monoisotopic (exact) mass is 526 g/mol. The van der Waals surface area contributed by atoms with Crippen molar-refractivity contribution in [3.63, 3.8) is 0 Å². The minimum Gasteiger partial charge on any atom is -0.309 e. The van der Waals surface area contributed by atoms with Gasteiger partial charge in [0.25, 0.3) is 0 Å². The summed E-state index contributed by atoms with van der Waals surface area (Å²) in [6.07, 6.45) is 2.43. The van der Waals surface area contributed by atoms with Crippen molar-refractivity contribution in [2.75, 3.05) is 11.4 Å². The maximum atomic E-state index is 12.9. The first-order valence-electron chi connectivity index (χ1n) is 11.1. The average Bonchev–Trinajstić information content (AvgIpc) is 3.13. The number of carbonyl (C=O) groups excluding carboxylic acids is 1. The van der Waals surface area contributed by atoms with Crippen LogP contribution in [0.2, 0.25) is 0 Å². The lowest BCUT2D eigenvalue weighted by Gasteiger charge is -2.23. The molecule has 5 nitrogen and oxygen atoms in total. The molecule has 0 spiro atoms. The molecule has 7 heteroatoms. The Kier molecular flexibility index (Phi) is 7.32. The van der Waals surface area contributed by atoms with Gasteiger partial charge in [0.2, 0.25) is 15.9 Å². The Morgan fingerprint density at radius 3 is 2.42 bits per heavy atom. The normalized spacial score (nSPS) is 15.5. The summed E-state index contributed by atoms with van der Waals surface area (Å²) < 4.78 is 28.8. The van der Waals surface area contributed by atoms with Crippen LogP contribution in [0.4, 0.5) is 5.69 Å². The zero-order chi connectivity index (χ0) is 23.4. The van der Waals surface area contributed by atoms with Gasteiger partial charge in [-0.25, -0.2) is 13.1 Å². The van der Waals surface area contributed by atoms with E-state index in [0.717, 1.165) is 27.7 Å². The number of aryl methyl sites for hydroxylation is 1. The van der Waals surface area contributed by atoms with Crippen molar-refractivity contribution in [1.29, 1.82) is 0 Å². The maximum Gasteiger partial charge on any atom is 0.240 e. The van der Waals surface area contributed by atoms with E-state index in [-0.39, 0.29) is 16.8 Å². The first-order chi connectivity index (χ1) is 15.8. The summed E-state index contributed by atoms with van der Waals surface area (Å²) >= 11 is 3.50. The first-order valence-corrected chi connectivity index (χ1v) is 13.3. The average molecular weight is 527 g/mol. The number of hydrogen-bond donors (Lipinski definition) is 1. The van der Waals surface area contributed by atoms with E-state index in [4.69, 9.17) is 0 Å². The highest BCUT2D eigenvalue weighted by molar-refractivity contribution is 9.10. The summed E-state index contributed by atoms with van der Waals surface area (Å²) in [5.41, 5.74) is 4.19. The van der Waals surface area contributed by atoms with Gasteiger partial charge in [0.05, 0.1) is 4.90 Å². The van der Waals surface area contributed by atoms with Crippen molar-refractivity contribution in [2.45, 2.75) is 43.5 Å². The summed E-state index contributed by atoms with van der Waals surface area (Å²) in [7, 11) is -3.56. The molecule has 0 saturated heterocycles. The smallest absolute Gasteiger partial charge is 0.240 e. The van der Waals surface area contributed by atoms with Crippen LogP contribution in [0.1, 0.15) is 30.0 Å². The molecule has 0 saturated carbocycles. The third-order valence-electron chi connectivity index (χ3n) is 5.94. The van der Waals surface area contributed by atoms with Crippen molar-refractivity contribution in [3.05, 3.63) is 94.0 Å². The quantitative estimate of drug-likeness (QED) is 0.454. The number of benzene rings is 3. The maximum absolute atomic E-state index is 12.9. The van der Waals surface area contributed by atoms with Crippen molar-refractivity contribution < 1.29 is 13.2 Å². The van der Waals surface area contributed by atoms with E-state index in [1.54, 1.807) is 24.3 Å². The fourth-order valence-electron chi connectivity index (χ4n) is 4.24. The molecular weight excluding hydrogens is 500 g/mol. The number of sulfonamides is 1. The molecule has 0 aromatic heterocycles. The van der Waals surface area contributed by atoms with Crippen LogP contribution in [0.15, 0.2) is 82.2 Å². The second-order valence-electron chi connectivity index (χ2n) is 8.37. The van der Waals surface area contributed by atoms with Crippen LogP contribution in [0.5, 0.6) is 0 Å². The molecule has 33 heavy (non-hydrogen) atoms. The highest BCUT2D eigenvalue weighted by Gasteiger charge is 2.30. The highest BCUT2D eigenvalue weighted by atomic mass is 79.9. The molecule has 1 heterocycles. The highest BCUT2D eigenvalue weighted by Crippen LogP contribution is 2.34. The van der Waals surface area contributed by atoms with Crippen molar-refractivity contribution in [1.82, 2.24) is 4.72 Å². The van der Waals surface area contributed by atoms with E-state index < -0.39 is 10.0 Å². The third kappa shape index (κ3) is 5.72. The molecule has 4 rings (SSSR count). The van der Waals surface area contributed by atoms with E-state index in [1.807, 2.05) is 47.4 Å². The largest absolute Gasteiger partial charge is 0.309 e. The number of nitrogens with one attached hydrogen (secondary N) is 1. The number of anilines is 1. The predicted molar refractivity (Wildman–Crippen MR) is 135 cm³/mol. The lowest BCUT2D eigenvalue weighted by molar-refractivity contribution is -0.118. The van der Waals surface area contributed by atoms with Gasteiger partial charge < -0.3 is 4.90 Å². The van der Waals surface area contributed by atoms with Crippen LogP contribution in [-0.4, -0.2) is 26.9 Å². The summed E-state index contributed by atoms with van der Waals surface area (Å²) in [6.45, 7) is 2.41. The fourth-order valence-corrected chi connectivity index (χ4v) is 5.68. The summed E-state index contributed by atoms with van der Waals surface area (Å²) in [5, 5.41) is 0. The van der Waals surface area contributed by atoms with Crippen LogP contribution in [0.25, 0.3) is 0 Å². The molecule has 0 unspecified atom stereocenters. The molecule has 0 radical (unpaired) electrons. The van der Waals surface area contributed by atoms with Crippen LogP contribution in [-0.2, 0) is 34.1 Å². The zero-order valence-electron chi connectivity index (χ0n) is 18.5. The molecule has 3 aromatic rings. The van der Waals surface area contributed by atoms with E-state index in [1.165, 1.54) is 5.56 Å². The number of fused-ring (bicyclic) bond motifs is 1. The Morgan fingerprint density at radius 1 is 1.00 bits per heavy atom. The Labute approximate surface area is 204 Å². The lowest BCUT2D eigenvalue weighted by Crippen LogP contribution is -2.35. The number of amides is 1. The molecule has 0 bridgehead atoms. The van der Waals surface area contributed by atoms with Crippen LogP contribution < -0.4 is 9.62 Å². The van der Waals surface area contributed by atoms with Gasteiger partial charge in [0.15, 0.2) is 0 Å². The molecule has 172 valence electrons. The minimum atomic E-state index is -3.56. The van der Waals surface area contributed by atoms with E-state index in [2.05, 4.69) is 33.6 Å². The molecule has 3 aromatic carbocycles. The molecule has 1 atom stereocenters. The van der Waals surface area contributed by atoms with Crippen LogP contribution >= 0.6 is 15.9 Å². The number of halogens is 1. The number of rotatable bonds is 8. The topological polar surface area (TPSA) is 66.5 Å². The van der Waals surface area contributed by atoms with Gasteiger partial charge in [0.1, 0.15) is 0 Å². The Bertz CT molecular complexity index is 1230. The molecule has 1 aliphatic rings. The minimum absolute atomic E-state index is 0.0860. The Hall–Kier alpha value is -2.48. The second-order valence-corrected chi connectivity index (χ2v) is 11.0. The van der Waals surface area contributed by atoms with Gasteiger partial charge >= 0.3 is 0 Å². The van der Waals surface area contributed by atoms with Gasteiger partial charge in [-0.3, -0.25) is 4.79 Å². The van der Waals surface area contributed by atoms with Gasteiger partial charge in [0, 0.05) is 29.2 Å². The van der Waals surface area contributed by atoms with Gasteiger partial charge in [-0.1, -0.05) is 58.4 Å². The van der Waals surface area contributed by atoms with Crippen molar-refractivity contribution >= 4 is 37.5 Å². The molecule has 0 aliphatic carbocycles. The molecule has 1 N–H and O–H groups in total. The molecule has 1 amide bonds. The van der Waals surface area contributed by atoms with Crippen LogP contribution in [0.3, 0.4) is 0 Å². The van der Waals surface area contributed by atoms with E-state index in [9.17, 15) is 13.2 Å². The predicted octanol–water partition coefficient (Wildman–Crippen LogP) is 4.88. The van der Waals surface area contributed by atoms with E-state index in [0.29, 0.717) is 25.8 Å². The fraction of sp³-hybridized carbons (Fsp3) is 0.269. The number of hydrogen-bond acceptors (Lipinski definition) is 3. The molecular formula is C26H27BrN2O3S. The summed E-state index contributed by atoms with van der Waals surface area (Å²) in [6, 6.07) is 22.7. The number of nitrogens with zero attached hydrogens (tertiary/aromatic N) is 1. The third-order valence-corrected chi connectivity index (χ3v) is 7.91. The van der Waals surface area contributed by atoms with Crippen molar-refractivity contribution in [2.24, 2.45) is 0 Å². The SMILES string of the molecule is C[C@H]1Cc2cc(Br)ccc2N1C(=O)CCc1ccc(S(=O)(=O)NCCc2ccccc2)cc1. The standard InChI is InChI=1S/C26H27BrN2O3S/c1-19-17-22-18-23(27)10-13-25(22)29(19)26(30)14-9-21-7-11-24(12-8-21)33(31,32)28-16-15-20-5-3-2-4-6-20/h2-8,10-13,18-19,28H,9,14-17H2,1H3/t19-/m0/s1. The van der Waals surface area contributed by atoms with E-state index >= 15 is 0 Å². The van der Waals surface area contributed by atoms with Crippen molar-refractivity contribution in [3.8, 4) is 0 Å².